The third-order valence-electron chi connectivity index (χ3n) is 3.97. The number of aromatic amines is 1. The standard InChI is InChI=1S/C17H23N3O2S/c1-10-15(12(3)21)11(2)19-16(10)17(22)18-9-13(20(4)5)14-7-6-8-23-14/h6-8,13,19H,9H2,1-5H3,(H,18,22)/t13-/m1/s1. The Bertz CT molecular complexity index is 702. The largest absolute Gasteiger partial charge is 0.354 e. The Morgan fingerprint density at radius 1 is 1.35 bits per heavy atom. The van der Waals surface area contributed by atoms with Gasteiger partial charge < -0.3 is 15.2 Å². The van der Waals surface area contributed by atoms with Crippen LogP contribution in [0.1, 0.15) is 49.9 Å². The van der Waals surface area contributed by atoms with Crippen molar-refractivity contribution in [2.45, 2.75) is 26.8 Å². The zero-order valence-electron chi connectivity index (χ0n) is 14.2. The molecule has 6 heteroatoms. The van der Waals surface area contributed by atoms with Crippen molar-refractivity contribution in [1.29, 1.82) is 0 Å². The van der Waals surface area contributed by atoms with E-state index in [9.17, 15) is 9.59 Å². The van der Waals surface area contributed by atoms with E-state index in [0.717, 1.165) is 5.69 Å². The van der Waals surface area contributed by atoms with Crippen molar-refractivity contribution in [2.24, 2.45) is 0 Å². The number of aromatic nitrogens is 1. The average Bonchev–Trinajstić information content (AvgIpc) is 3.06. The molecule has 0 saturated heterocycles. The van der Waals surface area contributed by atoms with Crippen LogP contribution in [0.5, 0.6) is 0 Å². The maximum atomic E-state index is 12.5. The molecule has 0 spiro atoms. The molecule has 124 valence electrons. The van der Waals surface area contributed by atoms with E-state index in [2.05, 4.69) is 21.3 Å². The fourth-order valence-electron chi connectivity index (χ4n) is 2.80. The summed E-state index contributed by atoms with van der Waals surface area (Å²) in [5.41, 5.74) is 2.53. The van der Waals surface area contributed by atoms with Crippen LogP contribution in [-0.2, 0) is 0 Å². The summed E-state index contributed by atoms with van der Waals surface area (Å²) in [5, 5.41) is 5.01. The molecule has 0 aliphatic rings. The molecule has 0 saturated carbocycles. The average molecular weight is 333 g/mol. The summed E-state index contributed by atoms with van der Waals surface area (Å²) in [6.45, 7) is 5.65. The van der Waals surface area contributed by atoms with Crippen molar-refractivity contribution >= 4 is 23.0 Å². The van der Waals surface area contributed by atoms with Crippen molar-refractivity contribution in [3.05, 3.63) is 44.9 Å². The van der Waals surface area contributed by atoms with Crippen LogP contribution in [0.4, 0.5) is 0 Å². The van der Waals surface area contributed by atoms with Crippen LogP contribution in [0, 0.1) is 13.8 Å². The number of nitrogens with zero attached hydrogens (tertiary/aromatic N) is 1. The monoisotopic (exact) mass is 333 g/mol. The molecule has 0 fully saturated rings. The van der Waals surface area contributed by atoms with Gasteiger partial charge in [0.05, 0.1) is 6.04 Å². The minimum Gasteiger partial charge on any atom is -0.354 e. The molecule has 5 nitrogen and oxygen atoms in total. The summed E-state index contributed by atoms with van der Waals surface area (Å²) in [5.74, 6) is -0.207. The van der Waals surface area contributed by atoms with Crippen LogP contribution in [0.3, 0.4) is 0 Å². The zero-order chi connectivity index (χ0) is 17.1. The number of amides is 1. The number of carbonyl (C=O) groups excluding carboxylic acids is 2. The summed E-state index contributed by atoms with van der Waals surface area (Å²) in [6, 6.07) is 4.21. The Morgan fingerprint density at radius 3 is 2.52 bits per heavy atom. The predicted molar refractivity (Wildman–Crippen MR) is 93.4 cm³/mol. The van der Waals surface area contributed by atoms with E-state index in [-0.39, 0.29) is 17.7 Å². The summed E-state index contributed by atoms with van der Waals surface area (Å²) in [7, 11) is 3.99. The SMILES string of the molecule is CC(=O)c1c(C)[nH]c(C(=O)NC[C@H](c2cccs2)N(C)C)c1C. The fraction of sp³-hybridized carbons (Fsp3) is 0.412. The number of hydrogen-bond donors (Lipinski definition) is 2. The Hall–Kier alpha value is -1.92. The molecule has 2 aromatic rings. The van der Waals surface area contributed by atoms with E-state index < -0.39 is 0 Å². The lowest BCUT2D eigenvalue weighted by atomic mass is 10.1. The van der Waals surface area contributed by atoms with E-state index in [0.29, 0.717) is 23.4 Å². The Labute approximate surface area is 140 Å². The number of H-pyrrole nitrogens is 1. The Balaban J connectivity index is 2.13. The minimum absolute atomic E-state index is 0.0277. The predicted octanol–water partition coefficient (Wildman–Crippen LogP) is 2.93. The first-order valence-electron chi connectivity index (χ1n) is 7.51. The van der Waals surface area contributed by atoms with Gasteiger partial charge in [-0.3, -0.25) is 9.59 Å². The van der Waals surface area contributed by atoms with Crippen molar-refractivity contribution in [3.63, 3.8) is 0 Å². The van der Waals surface area contributed by atoms with Gasteiger partial charge in [-0.05, 0) is 51.9 Å². The number of Topliss-reactive ketones (excluding diaryl/α,β-unsaturated/α-hetero) is 1. The van der Waals surface area contributed by atoms with Crippen LogP contribution < -0.4 is 5.32 Å². The number of carbonyl (C=O) groups is 2. The highest BCUT2D eigenvalue weighted by Crippen LogP contribution is 2.23. The molecular formula is C17H23N3O2S. The second-order valence-corrected chi connectivity index (χ2v) is 6.87. The minimum atomic E-state index is -0.179. The molecule has 2 N–H and O–H groups in total. The van der Waals surface area contributed by atoms with Gasteiger partial charge in [-0.2, -0.15) is 0 Å². The molecule has 0 aromatic carbocycles. The smallest absolute Gasteiger partial charge is 0.268 e. The second kappa shape index (κ2) is 7.10. The molecular weight excluding hydrogens is 310 g/mol. The topological polar surface area (TPSA) is 65.2 Å². The van der Waals surface area contributed by atoms with E-state index >= 15 is 0 Å². The van der Waals surface area contributed by atoms with E-state index in [4.69, 9.17) is 0 Å². The first-order valence-corrected chi connectivity index (χ1v) is 8.39. The zero-order valence-corrected chi connectivity index (χ0v) is 15.0. The van der Waals surface area contributed by atoms with Crippen molar-refractivity contribution in [2.75, 3.05) is 20.6 Å². The summed E-state index contributed by atoms with van der Waals surface area (Å²) in [6.07, 6.45) is 0. The Morgan fingerprint density at radius 2 is 2.04 bits per heavy atom. The number of nitrogens with one attached hydrogen (secondary N) is 2. The highest BCUT2D eigenvalue weighted by molar-refractivity contribution is 7.10. The maximum absolute atomic E-state index is 12.5. The quantitative estimate of drug-likeness (QED) is 0.799. The highest BCUT2D eigenvalue weighted by atomic mass is 32.1. The van der Waals surface area contributed by atoms with Gasteiger partial charge in [0.15, 0.2) is 5.78 Å². The van der Waals surface area contributed by atoms with Crippen molar-refractivity contribution < 1.29 is 9.59 Å². The van der Waals surface area contributed by atoms with Crippen LogP contribution in [0.25, 0.3) is 0 Å². The molecule has 0 aliphatic carbocycles. The number of hydrogen-bond acceptors (Lipinski definition) is 4. The summed E-state index contributed by atoms with van der Waals surface area (Å²) < 4.78 is 0. The van der Waals surface area contributed by atoms with Gasteiger partial charge >= 0.3 is 0 Å². The van der Waals surface area contributed by atoms with Gasteiger partial charge in [-0.1, -0.05) is 6.07 Å². The van der Waals surface area contributed by atoms with E-state index in [1.807, 2.05) is 32.5 Å². The highest BCUT2D eigenvalue weighted by Gasteiger charge is 2.21. The molecule has 0 aliphatic heterocycles. The van der Waals surface area contributed by atoms with Crippen LogP contribution in [0.2, 0.25) is 0 Å². The lowest BCUT2D eigenvalue weighted by Gasteiger charge is -2.23. The first kappa shape index (κ1) is 17.4. The molecule has 0 unspecified atom stereocenters. The number of rotatable bonds is 6. The lowest BCUT2D eigenvalue weighted by molar-refractivity contribution is 0.0937. The van der Waals surface area contributed by atoms with Gasteiger partial charge in [0.25, 0.3) is 5.91 Å². The molecule has 2 rings (SSSR count). The van der Waals surface area contributed by atoms with Gasteiger partial charge in [0, 0.05) is 22.7 Å². The lowest BCUT2D eigenvalue weighted by Crippen LogP contribution is -2.34. The third-order valence-corrected chi connectivity index (χ3v) is 4.94. The second-order valence-electron chi connectivity index (χ2n) is 5.89. The third kappa shape index (κ3) is 3.71. The van der Waals surface area contributed by atoms with E-state index in [1.54, 1.807) is 18.3 Å². The molecule has 1 atom stereocenters. The molecule has 1 amide bonds. The van der Waals surface area contributed by atoms with Crippen molar-refractivity contribution in [1.82, 2.24) is 15.2 Å². The van der Waals surface area contributed by atoms with Crippen LogP contribution >= 0.6 is 11.3 Å². The Kier molecular flexibility index (Phi) is 5.38. The van der Waals surface area contributed by atoms with Gasteiger partial charge in [0.1, 0.15) is 5.69 Å². The molecule has 0 bridgehead atoms. The molecule has 0 radical (unpaired) electrons. The molecule has 2 aromatic heterocycles. The van der Waals surface area contributed by atoms with Gasteiger partial charge in [-0.15, -0.1) is 11.3 Å². The normalized spacial score (nSPS) is 12.4. The van der Waals surface area contributed by atoms with Crippen LogP contribution in [-0.4, -0.2) is 42.2 Å². The number of likely N-dealkylation sites (N-methyl/N-ethyl adjacent to an activating group) is 1. The van der Waals surface area contributed by atoms with Crippen molar-refractivity contribution in [3.8, 4) is 0 Å². The van der Waals surface area contributed by atoms with E-state index in [1.165, 1.54) is 11.8 Å². The molecule has 2 heterocycles. The van der Waals surface area contributed by atoms with Crippen LogP contribution in [0.15, 0.2) is 17.5 Å². The number of ketones is 1. The van der Waals surface area contributed by atoms with Gasteiger partial charge in [0.2, 0.25) is 0 Å². The summed E-state index contributed by atoms with van der Waals surface area (Å²) >= 11 is 1.68. The number of aryl methyl sites for hydroxylation is 1. The van der Waals surface area contributed by atoms with Gasteiger partial charge in [-0.25, -0.2) is 0 Å². The maximum Gasteiger partial charge on any atom is 0.268 e. The fourth-order valence-corrected chi connectivity index (χ4v) is 3.72. The summed E-state index contributed by atoms with van der Waals surface area (Å²) in [4.78, 5) is 30.5. The first-order chi connectivity index (χ1) is 10.8. The number of thiophene rings is 1. The molecule has 23 heavy (non-hydrogen) atoms.